The van der Waals surface area contributed by atoms with Crippen molar-refractivity contribution in [1.82, 2.24) is 9.97 Å². The van der Waals surface area contributed by atoms with E-state index in [0.717, 1.165) is 9.99 Å². The van der Waals surface area contributed by atoms with Gasteiger partial charge in [0.05, 0.1) is 24.4 Å². The van der Waals surface area contributed by atoms with E-state index in [4.69, 9.17) is 9.47 Å². The van der Waals surface area contributed by atoms with Gasteiger partial charge in [-0.15, -0.1) is 0 Å². The summed E-state index contributed by atoms with van der Waals surface area (Å²) in [5, 5.41) is 2.89. The third-order valence-electron chi connectivity index (χ3n) is 2.84. The third kappa shape index (κ3) is 4.10. The Balaban J connectivity index is 2.27. The molecule has 2 N–H and O–H groups in total. The fourth-order valence-electron chi connectivity index (χ4n) is 1.86. The molecule has 122 valence electrons. The van der Waals surface area contributed by atoms with Gasteiger partial charge >= 0.3 is 11.9 Å². The van der Waals surface area contributed by atoms with Gasteiger partial charge in [0.2, 0.25) is 0 Å². The average molecular weight is 382 g/mol. The van der Waals surface area contributed by atoms with E-state index in [0.29, 0.717) is 11.2 Å². The van der Waals surface area contributed by atoms with Crippen LogP contribution in [0.25, 0.3) is 11.0 Å². The number of carbonyl (C=O) groups is 2. The number of halogens is 1. The molecule has 8 heteroatoms. The van der Waals surface area contributed by atoms with Crippen molar-refractivity contribution in [2.75, 3.05) is 18.5 Å². The Morgan fingerprint density at radius 2 is 1.96 bits per heavy atom. The number of pyridine rings is 1. The molecule has 7 nitrogen and oxygen atoms in total. The Labute approximate surface area is 141 Å². The van der Waals surface area contributed by atoms with Crippen LogP contribution in [0.1, 0.15) is 13.8 Å². The van der Waals surface area contributed by atoms with E-state index in [2.05, 4.69) is 31.2 Å². The van der Waals surface area contributed by atoms with E-state index in [1.807, 2.05) is 6.07 Å². The van der Waals surface area contributed by atoms with Crippen LogP contribution in [-0.2, 0) is 19.1 Å². The zero-order chi connectivity index (χ0) is 16.8. The summed E-state index contributed by atoms with van der Waals surface area (Å²) in [6.45, 7) is 3.65. The molecule has 2 aromatic rings. The Morgan fingerprint density at radius 3 is 2.57 bits per heavy atom. The van der Waals surface area contributed by atoms with Crippen molar-refractivity contribution in [1.29, 1.82) is 0 Å². The summed E-state index contributed by atoms with van der Waals surface area (Å²) in [6.07, 6.45) is 4.61. The van der Waals surface area contributed by atoms with Gasteiger partial charge in [-0.05, 0) is 35.8 Å². The highest BCUT2D eigenvalue weighted by atomic mass is 79.9. The van der Waals surface area contributed by atoms with Crippen LogP contribution in [0.4, 0.5) is 5.69 Å². The first kappa shape index (κ1) is 17.0. The van der Waals surface area contributed by atoms with Crippen LogP contribution < -0.4 is 5.32 Å². The molecule has 0 aliphatic heterocycles. The lowest BCUT2D eigenvalue weighted by Gasteiger charge is -2.07. The number of ether oxygens (including phenoxy) is 2. The summed E-state index contributed by atoms with van der Waals surface area (Å²) in [7, 11) is 0. The van der Waals surface area contributed by atoms with Crippen LogP contribution in [0, 0.1) is 0 Å². The summed E-state index contributed by atoms with van der Waals surface area (Å²) in [4.78, 5) is 31.1. The second-order valence-corrected chi connectivity index (χ2v) is 5.31. The zero-order valence-electron chi connectivity index (χ0n) is 12.7. The van der Waals surface area contributed by atoms with Crippen molar-refractivity contribution in [3.8, 4) is 0 Å². The molecule has 0 unspecified atom stereocenters. The summed E-state index contributed by atoms with van der Waals surface area (Å²) < 4.78 is 10.6. The Bertz CT molecular complexity index is 734. The molecule has 0 aliphatic rings. The maximum absolute atomic E-state index is 11.9. The number of carbonyl (C=O) groups excluding carboxylic acids is 2. The summed E-state index contributed by atoms with van der Waals surface area (Å²) in [6, 6.07) is 1.87. The van der Waals surface area contributed by atoms with Crippen LogP contribution >= 0.6 is 15.9 Å². The number of anilines is 1. The van der Waals surface area contributed by atoms with E-state index >= 15 is 0 Å². The van der Waals surface area contributed by atoms with Crippen LogP contribution in [-0.4, -0.2) is 35.1 Å². The quantitative estimate of drug-likeness (QED) is 0.345. The highest BCUT2D eigenvalue weighted by Gasteiger charge is 2.21. The molecule has 0 aromatic carbocycles. The van der Waals surface area contributed by atoms with Gasteiger partial charge in [0.15, 0.2) is 5.57 Å². The molecular weight excluding hydrogens is 366 g/mol. The van der Waals surface area contributed by atoms with E-state index in [1.54, 1.807) is 26.2 Å². The van der Waals surface area contributed by atoms with Crippen molar-refractivity contribution in [2.45, 2.75) is 13.8 Å². The van der Waals surface area contributed by atoms with Gasteiger partial charge in [-0.3, -0.25) is 4.98 Å². The third-order valence-corrected chi connectivity index (χ3v) is 3.28. The number of H-pyrrole nitrogens is 1. The molecule has 0 spiro atoms. The minimum Gasteiger partial charge on any atom is -0.462 e. The van der Waals surface area contributed by atoms with Gasteiger partial charge in [-0.25, -0.2) is 9.59 Å². The van der Waals surface area contributed by atoms with Gasteiger partial charge in [-0.1, -0.05) is 0 Å². The zero-order valence-corrected chi connectivity index (χ0v) is 14.3. The number of aromatic amines is 1. The number of hydrogen-bond donors (Lipinski definition) is 2. The molecule has 2 aromatic heterocycles. The van der Waals surface area contributed by atoms with E-state index in [-0.39, 0.29) is 18.8 Å². The second-order valence-electron chi connectivity index (χ2n) is 4.40. The molecule has 2 rings (SSSR count). The van der Waals surface area contributed by atoms with Gasteiger partial charge in [0.1, 0.15) is 5.52 Å². The first-order chi connectivity index (χ1) is 11.1. The number of nitrogens with zero attached hydrogens (tertiary/aromatic N) is 1. The van der Waals surface area contributed by atoms with Crippen LogP contribution in [0.2, 0.25) is 0 Å². The lowest BCUT2D eigenvalue weighted by molar-refractivity contribution is -0.146. The fourth-order valence-corrected chi connectivity index (χ4v) is 2.19. The Kier molecular flexibility index (Phi) is 5.75. The predicted octanol–water partition coefficient (Wildman–Crippen LogP) is 2.75. The maximum Gasteiger partial charge on any atom is 0.347 e. The first-order valence-electron chi connectivity index (χ1n) is 7.00. The van der Waals surface area contributed by atoms with Crippen LogP contribution in [0.15, 0.2) is 34.7 Å². The predicted molar refractivity (Wildman–Crippen MR) is 88.8 cm³/mol. The first-order valence-corrected chi connectivity index (χ1v) is 7.79. The molecule has 0 amide bonds. The molecule has 0 saturated heterocycles. The van der Waals surface area contributed by atoms with E-state index < -0.39 is 11.9 Å². The summed E-state index contributed by atoms with van der Waals surface area (Å²) in [5.74, 6) is -1.48. The van der Waals surface area contributed by atoms with Crippen molar-refractivity contribution in [3.63, 3.8) is 0 Å². The van der Waals surface area contributed by atoms with E-state index in [9.17, 15) is 9.59 Å². The van der Waals surface area contributed by atoms with Gasteiger partial charge in [0, 0.05) is 23.1 Å². The highest BCUT2D eigenvalue weighted by Crippen LogP contribution is 2.23. The number of hydrogen-bond acceptors (Lipinski definition) is 6. The lowest BCUT2D eigenvalue weighted by atomic mass is 10.3. The van der Waals surface area contributed by atoms with Crippen molar-refractivity contribution in [3.05, 3.63) is 34.7 Å². The van der Waals surface area contributed by atoms with Crippen molar-refractivity contribution < 1.29 is 19.1 Å². The SMILES string of the molecule is CCOC(=O)C(=CNc1c[nH]c2cc(Br)cnc12)C(=O)OCC. The maximum atomic E-state index is 11.9. The number of fused-ring (bicyclic) bond motifs is 1. The number of aromatic nitrogens is 2. The monoisotopic (exact) mass is 381 g/mol. The summed E-state index contributed by atoms with van der Waals surface area (Å²) >= 11 is 3.34. The molecule has 23 heavy (non-hydrogen) atoms. The van der Waals surface area contributed by atoms with Crippen LogP contribution in [0.3, 0.4) is 0 Å². The van der Waals surface area contributed by atoms with Crippen molar-refractivity contribution in [2.24, 2.45) is 0 Å². The molecule has 0 atom stereocenters. The Morgan fingerprint density at radius 1 is 1.30 bits per heavy atom. The number of rotatable bonds is 6. The highest BCUT2D eigenvalue weighted by molar-refractivity contribution is 9.10. The topological polar surface area (TPSA) is 93.3 Å². The normalized spacial score (nSPS) is 10.2. The molecule has 0 saturated carbocycles. The van der Waals surface area contributed by atoms with E-state index in [1.165, 1.54) is 6.20 Å². The average Bonchev–Trinajstić information content (AvgIpc) is 2.90. The molecule has 0 radical (unpaired) electrons. The van der Waals surface area contributed by atoms with Crippen LogP contribution in [0.5, 0.6) is 0 Å². The minimum absolute atomic E-state index is 0.165. The van der Waals surface area contributed by atoms with Crippen molar-refractivity contribution >= 4 is 44.6 Å². The molecule has 0 fully saturated rings. The summed E-state index contributed by atoms with van der Waals surface area (Å²) in [5.41, 5.74) is 1.90. The lowest BCUT2D eigenvalue weighted by Crippen LogP contribution is -2.19. The Hall–Kier alpha value is -2.35. The molecule has 0 aliphatic carbocycles. The molecule has 2 heterocycles. The fraction of sp³-hybridized carbons (Fsp3) is 0.267. The minimum atomic E-state index is -0.742. The number of esters is 2. The van der Waals surface area contributed by atoms with Gasteiger partial charge in [-0.2, -0.15) is 0 Å². The second kappa shape index (κ2) is 7.77. The molecular formula is C15H16BrN3O4. The smallest absolute Gasteiger partial charge is 0.347 e. The van der Waals surface area contributed by atoms with Gasteiger partial charge in [0.25, 0.3) is 0 Å². The van der Waals surface area contributed by atoms with Gasteiger partial charge < -0.3 is 19.8 Å². The molecule has 0 bridgehead atoms. The largest absolute Gasteiger partial charge is 0.462 e. The number of nitrogens with one attached hydrogen (secondary N) is 2. The standard InChI is InChI=1S/C15H16BrN3O4/c1-3-22-14(20)10(15(21)23-4-2)7-17-12-8-18-11-5-9(16)6-19-13(11)12/h5-8,17-18H,3-4H2,1-2H3.